The lowest BCUT2D eigenvalue weighted by Crippen LogP contribution is -2.29. The van der Waals surface area contributed by atoms with Crippen LogP contribution in [0.1, 0.15) is 19.4 Å². The smallest absolute Gasteiger partial charge is 0.246 e. The Morgan fingerprint density at radius 2 is 1.89 bits per heavy atom. The molecule has 0 aromatic heterocycles. The highest BCUT2D eigenvalue weighted by Crippen LogP contribution is 2.29. The number of aliphatic hydroxyl groups excluding tert-OH is 1. The van der Waals surface area contributed by atoms with E-state index in [1.54, 1.807) is 0 Å². The molecule has 1 heterocycles. The van der Waals surface area contributed by atoms with Gasteiger partial charge in [-0.05, 0) is 29.5 Å². The molecule has 2 atom stereocenters. The molecular weight excluding hydrogens is 269 g/mol. The monoisotopic (exact) mass is 287 g/mol. The summed E-state index contributed by atoms with van der Waals surface area (Å²) in [6.07, 6.45) is 0. The van der Waals surface area contributed by atoms with Gasteiger partial charge < -0.3 is 5.11 Å². The summed E-state index contributed by atoms with van der Waals surface area (Å²) in [5.41, 5.74) is 0.389. The highest BCUT2D eigenvalue weighted by Gasteiger charge is 2.36. The molecule has 1 saturated heterocycles. The van der Waals surface area contributed by atoms with E-state index in [2.05, 4.69) is 0 Å². The number of aliphatic hydroxyl groups is 1. The Balaban J connectivity index is 2.40. The minimum atomic E-state index is -3.82. The molecule has 1 aliphatic heterocycles. The van der Waals surface area contributed by atoms with E-state index < -0.39 is 15.8 Å². The first-order valence-electron chi connectivity index (χ1n) is 6.25. The Labute approximate surface area is 112 Å². The van der Waals surface area contributed by atoms with E-state index >= 15 is 0 Å². The van der Waals surface area contributed by atoms with Gasteiger partial charge in [-0.2, -0.15) is 4.31 Å². The van der Waals surface area contributed by atoms with Gasteiger partial charge in [-0.15, -0.1) is 0 Å². The number of nitrogens with zero attached hydrogens (tertiary/aromatic N) is 1. The van der Waals surface area contributed by atoms with E-state index in [0.717, 1.165) is 6.07 Å². The van der Waals surface area contributed by atoms with Gasteiger partial charge in [-0.3, -0.25) is 0 Å². The fraction of sp³-hybridized carbons (Fsp3) is 0.538. The van der Waals surface area contributed by atoms with Gasteiger partial charge in [0.25, 0.3) is 0 Å². The second-order valence-electron chi connectivity index (χ2n) is 5.20. The largest absolute Gasteiger partial charge is 0.392 e. The normalized spacial score (nSPS) is 24.8. The van der Waals surface area contributed by atoms with Gasteiger partial charge in [0, 0.05) is 13.1 Å². The van der Waals surface area contributed by atoms with E-state index in [1.807, 2.05) is 13.8 Å². The van der Waals surface area contributed by atoms with Crippen LogP contribution in [0.25, 0.3) is 0 Å². The van der Waals surface area contributed by atoms with Crippen LogP contribution in [0.5, 0.6) is 0 Å². The van der Waals surface area contributed by atoms with E-state index in [4.69, 9.17) is 5.11 Å². The minimum Gasteiger partial charge on any atom is -0.392 e. The maximum atomic E-state index is 13.8. The van der Waals surface area contributed by atoms with Crippen molar-refractivity contribution in [2.24, 2.45) is 11.8 Å². The predicted octanol–water partition coefficient (Wildman–Crippen LogP) is 1.59. The second kappa shape index (κ2) is 5.19. The summed E-state index contributed by atoms with van der Waals surface area (Å²) in [7, 11) is -3.82. The Kier molecular flexibility index (Phi) is 3.94. The fourth-order valence-electron chi connectivity index (χ4n) is 2.26. The molecule has 4 nitrogen and oxygen atoms in total. The van der Waals surface area contributed by atoms with Crippen LogP contribution in [-0.2, 0) is 16.6 Å². The molecule has 1 aromatic rings. The predicted molar refractivity (Wildman–Crippen MR) is 69.4 cm³/mol. The number of hydrogen-bond donors (Lipinski definition) is 1. The fourth-order valence-corrected chi connectivity index (χ4v) is 4.01. The highest BCUT2D eigenvalue weighted by atomic mass is 32.2. The highest BCUT2D eigenvalue weighted by molar-refractivity contribution is 7.89. The van der Waals surface area contributed by atoms with Crippen LogP contribution in [0, 0.1) is 17.7 Å². The van der Waals surface area contributed by atoms with Gasteiger partial charge in [0.2, 0.25) is 10.0 Å². The Morgan fingerprint density at radius 3 is 2.42 bits per heavy atom. The van der Waals surface area contributed by atoms with Crippen LogP contribution in [0.15, 0.2) is 23.1 Å². The topological polar surface area (TPSA) is 57.6 Å². The number of halogens is 1. The molecule has 0 saturated carbocycles. The van der Waals surface area contributed by atoms with Gasteiger partial charge >= 0.3 is 0 Å². The molecule has 6 heteroatoms. The van der Waals surface area contributed by atoms with Gasteiger partial charge in [0.05, 0.1) is 6.61 Å². The van der Waals surface area contributed by atoms with E-state index in [9.17, 15) is 12.8 Å². The summed E-state index contributed by atoms with van der Waals surface area (Å²) in [5, 5.41) is 9.04. The van der Waals surface area contributed by atoms with Crippen molar-refractivity contribution in [1.82, 2.24) is 4.31 Å². The third-order valence-electron chi connectivity index (χ3n) is 3.75. The average Bonchev–Trinajstić information content (AvgIpc) is 2.71. The molecule has 0 spiro atoms. The maximum Gasteiger partial charge on any atom is 0.246 e. The van der Waals surface area contributed by atoms with Crippen molar-refractivity contribution >= 4 is 10.0 Å². The molecule has 19 heavy (non-hydrogen) atoms. The minimum absolute atomic E-state index is 0.263. The van der Waals surface area contributed by atoms with Crippen LogP contribution in [-0.4, -0.2) is 30.9 Å². The molecular formula is C13H18FNO3S. The maximum absolute atomic E-state index is 13.8. The van der Waals surface area contributed by atoms with Crippen molar-refractivity contribution in [2.75, 3.05) is 13.1 Å². The van der Waals surface area contributed by atoms with Crippen LogP contribution in [0.2, 0.25) is 0 Å². The number of sulfonamides is 1. The number of benzene rings is 1. The second-order valence-corrected chi connectivity index (χ2v) is 7.11. The standard InChI is InChI=1S/C13H18FNO3S/c1-9-6-15(7-10(9)2)19(17,18)13-5-11(8-16)3-4-12(13)14/h3-5,9-10,16H,6-8H2,1-2H3. The summed E-state index contributed by atoms with van der Waals surface area (Å²) in [6, 6.07) is 3.67. The van der Waals surface area contributed by atoms with Gasteiger partial charge in [-0.1, -0.05) is 19.9 Å². The van der Waals surface area contributed by atoms with Crippen LogP contribution in [0.4, 0.5) is 4.39 Å². The molecule has 1 aromatic carbocycles. The van der Waals surface area contributed by atoms with Crippen molar-refractivity contribution in [3.05, 3.63) is 29.6 Å². The molecule has 0 aliphatic carbocycles. The molecule has 2 unspecified atom stereocenters. The Morgan fingerprint density at radius 1 is 1.32 bits per heavy atom. The molecule has 0 bridgehead atoms. The lowest BCUT2D eigenvalue weighted by molar-refractivity contribution is 0.281. The molecule has 1 aliphatic rings. The van der Waals surface area contributed by atoms with Crippen LogP contribution in [0.3, 0.4) is 0 Å². The Bertz CT molecular complexity index is 563. The molecule has 1 N–H and O–H groups in total. The number of hydrogen-bond acceptors (Lipinski definition) is 3. The van der Waals surface area contributed by atoms with E-state index in [1.165, 1.54) is 16.4 Å². The lowest BCUT2D eigenvalue weighted by Gasteiger charge is -2.17. The third kappa shape index (κ3) is 2.66. The van der Waals surface area contributed by atoms with Crippen molar-refractivity contribution in [3.8, 4) is 0 Å². The van der Waals surface area contributed by atoms with Gasteiger partial charge in [0.15, 0.2) is 0 Å². The first kappa shape index (κ1) is 14.4. The van der Waals surface area contributed by atoms with Crippen molar-refractivity contribution in [2.45, 2.75) is 25.3 Å². The van der Waals surface area contributed by atoms with Crippen LogP contribution >= 0.6 is 0 Å². The first-order chi connectivity index (χ1) is 8.86. The van der Waals surface area contributed by atoms with E-state index in [-0.39, 0.29) is 23.3 Å². The lowest BCUT2D eigenvalue weighted by atomic mass is 10.0. The molecule has 106 valence electrons. The van der Waals surface area contributed by atoms with Gasteiger partial charge in [-0.25, -0.2) is 12.8 Å². The summed E-state index contributed by atoms with van der Waals surface area (Å²) in [4.78, 5) is -0.347. The van der Waals surface area contributed by atoms with Gasteiger partial charge in [0.1, 0.15) is 10.7 Å². The third-order valence-corrected chi connectivity index (χ3v) is 5.60. The summed E-state index contributed by atoms with van der Waals surface area (Å²) in [5.74, 6) is -0.248. The summed E-state index contributed by atoms with van der Waals surface area (Å²) in [6.45, 7) is 4.48. The average molecular weight is 287 g/mol. The van der Waals surface area contributed by atoms with Crippen molar-refractivity contribution in [1.29, 1.82) is 0 Å². The molecule has 1 fully saturated rings. The van der Waals surface area contributed by atoms with Crippen LogP contribution < -0.4 is 0 Å². The molecule has 0 radical (unpaired) electrons. The zero-order valence-electron chi connectivity index (χ0n) is 11.0. The number of rotatable bonds is 3. The SMILES string of the molecule is CC1CN(S(=O)(=O)c2cc(CO)ccc2F)CC1C. The summed E-state index contributed by atoms with van der Waals surface area (Å²) < 4.78 is 39.9. The van der Waals surface area contributed by atoms with E-state index in [0.29, 0.717) is 18.7 Å². The van der Waals surface area contributed by atoms with Crippen molar-refractivity contribution < 1.29 is 17.9 Å². The molecule has 0 amide bonds. The Hall–Kier alpha value is -0.980. The quantitative estimate of drug-likeness (QED) is 0.918. The summed E-state index contributed by atoms with van der Waals surface area (Å²) >= 11 is 0. The molecule has 2 rings (SSSR count). The van der Waals surface area contributed by atoms with Crippen molar-refractivity contribution in [3.63, 3.8) is 0 Å². The zero-order valence-corrected chi connectivity index (χ0v) is 11.8. The zero-order chi connectivity index (χ0) is 14.2. The first-order valence-corrected chi connectivity index (χ1v) is 7.69.